The van der Waals surface area contributed by atoms with Gasteiger partial charge in [-0.1, -0.05) is 0 Å². The highest BCUT2D eigenvalue weighted by Crippen LogP contribution is 2.58. The van der Waals surface area contributed by atoms with Crippen molar-refractivity contribution < 1.29 is 41.7 Å². The number of rotatable bonds is 6. The molecule has 1 spiro atoms. The average molecular weight is 354 g/mol. The van der Waals surface area contributed by atoms with Gasteiger partial charge in [-0.25, -0.2) is 0 Å². The van der Waals surface area contributed by atoms with Gasteiger partial charge in [0.15, 0.2) is 5.78 Å². The number of carbonyl (C=O) groups excluding carboxylic acids is 1. The Morgan fingerprint density at radius 1 is 1.29 bits per heavy atom. The maximum Gasteiger partial charge on any atom is 0.522 e. The number of epoxide rings is 2. The summed E-state index contributed by atoms with van der Waals surface area (Å²) in [5.41, 5.74) is -1.36. The second kappa shape index (κ2) is 5.91. The van der Waals surface area contributed by atoms with E-state index in [1.807, 2.05) is 0 Å². The lowest BCUT2D eigenvalue weighted by molar-refractivity contribution is -0.324. The first-order chi connectivity index (χ1) is 11.2. The summed E-state index contributed by atoms with van der Waals surface area (Å²) in [7, 11) is 2.88. The SMILES string of the molecule is CO[C@@H]1C(=O)[C@H](OC)C[C@]2(CO2)[C@H]1[C@@]1(C)O[C@@H]1CCOC(F)(F)F. The molecular weight excluding hydrogens is 333 g/mol. The molecule has 0 unspecified atom stereocenters. The van der Waals surface area contributed by atoms with Crippen molar-refractivity contribution >= 4 is 5.78 Å². The zero-order valence-electron chi connectivity index (χ0n) is 13.7. The van der Waals surface area contributed by atoms with Crippen LogP contribution >= 0.6 is 0 Å². The molecule has 3 aliphatic rings. The van der Waals surface area contributed by atoms with Crippen molar-refractivity contribution in [3.8, 4) is 0 Å². The topological polar surface area (TPSA) is 69.8 Å². The molecule has 6 atom stereocenters. The summed E-state index contributed by atoms with van der Waals surface area (Å²) in [4.78, 5) is 12.5. The predicted octanol–water partition coefficient (Wildman–Crippen LogP) is 1.46. The van der Waals surface area contributed by atoms with Gasteiger partial charge in [0.1, 0.15) is 23.4 Å². The third-order valence-corrected chi connectivity index (χ3v) is 5.29. The fourth-order valence-electron chi connectivity index (χ4n) is 4.00. The third kappa shape index (κ3) is 3.08. The van der Waals surface area contributed by atoms with Crippen LogP contribution in [0.3, 0.4) is 0 Å². The van der Waals surface area contributed by atoms with Crippen LogP contribution in [0, 0.1) is 5.92 Å². The number of hydrogen-bond donors (Lipinski definition) is 0. The normalized spacial score (nSPS) is 44.8. The lowest BCUT2D eigenvalue weighted by Crippen LogP contribution is -2.58. The zero-order chi connectivity index (χ0) is 17.8. The summed E-state index contributed by atoms with van der Waals surface area (Å²) in [6.45, 7) is 1.75. The predicted molar refractivity (Wildman–Crippen MR) is 73.3 cm³/mol. The van der Waals surface area contributed by atoms with Crippen LogP contribution in [0.2, 0.25) is 0 Å². The minimum Gasteiger partial charge on any atom is -0.373 e. The Bertz CT molecular complexity index is 506. The van der Waals surface area contributed by atoms with Crippen molar-refractivity contribution in [2.24, 2.45) is 5.92 Å². The van der Waals surface area contributed by atoms with Gasteiger partial charge in [-0.3, -0.25) is 9.53 Å². The molecule has 3 rings (SSSR count). The summed E-state index contributed by atoms with van der Waals surface area (Å²) in [5.74, 6) is -0.571. The first kappa shape index (κ1) is 18.1. The van der Waals surface area contributed by atoms with Crippen molar-refractivity contribution in [3.63, 3.8) is 0 Å². The van der Waals surface area contributed by atoms with Crippen molar-refractivity contribution in [3.05, 3.63) is 0 Å². The fourth-order valence-corrected chi connectivity index (χ4v) is 4.00. The molecule has 0 N–H and O–H groups in total. The highest BCUT2D eigenvalue weighted by Gasteiger charge is 2.73. The van der Waals surface area contributed by atoms with E-state index >= 15 is 0 Å². The first-order valence-electron chi connectivity index (χ1n) is 7.78. The highest BCUT2D eigenvalue weighted by molar-refractivity contribution is 5.89. The molecule has 138 valence electrons. The molecule has 0 radical (unpaired) electrons. The van der Waals surface area contributed by atoms with Gasteiger partial charge in [-0.15, -0.1) is 13.2 Å². The van der Waals surface area contributed by atoms with Crippen LogP contribution in [0.25, 0.3) is 0 Å². The number of alkyl halides is 3. The molecule has 0 aromatic heterocycles. The molecule has 1 aliphatic carbocycles. The van der Waals surface area contributed by atoms with Crippen LogP contribution in [0.15, 0.2) is 0 Å². The molecule has 2 aliphatic heterocycles. The Balaban J connectivity index is 1.70. The largest absolute Gasteiger partial charge is 0.522 e. The Kier molecular flexibility index (Phi) is 4.45. The van der Waals surface area contributed by atoms with Crippen molar-refractivity contribution in [1.29, 1.82) is 0 Å². The molecular formula is C15H21F3O6. The quantitative estimate of drug-likeness (QED) is 0.673. The van der Waals surface area contributed by atoms with E-state index in [-0.39, 0.29) is 18.1 Å². The van der Waals surface area contributed by atoms with Crippen LogP contribution in [-0.2, 0) is 28.5 Å². The van der Waals surface area contributed by atoms with Crippen molar-refractivity contribution in [1.82, 2.24) is 0 Å². The second-order valence-corrected chi connectivity index (χ2v) is 6.69. The summed E-state index contributed by atoms with van der Waals surface area (Å²) in [6.07, 6.45) is -5.99. The molecule has 3 fully saturated rings. The van der Waals surface area contributed by atoms with Gasteiger partial charge < -0.3 is 18.9 Å². The van der Waals surface area contributed by atoms with Crippen LogP contribution in [0.1, 0.15) is 19.8 Å². The third-order valence-electron chi connectivity index (χ3n) is 5.29. The van der Waals surface area contributed by atoms with Crippen LogP contribution in [0.4, 0.5) is 13.2 Å². The summed E-state index contributed by atoms with van der Waals surface area (Å²) in [5, 5.41) is 0. The summed E-state index contributed by atoms with van der Waals surface area (Å²) < 4.78 is 62.0. The molecule has 0 bridgehead atoms. The van der Waals surface area contributed by atoms with Gasteiger partial charge in [0.25, 0.3) is 0 Å². The Hall–Kier alpha value is -0.740. The maximum atomic E-state index is 12.5. The van der Waals surface area contributed by atoms with Gasteiger partial charge >= 0.3 is 6.36 Å². The first-order valence-corrected chi connectivity index (χ1v) is 7.78. The Labute approximate surface area is 137 Å². The van der Waals surface area contributed by atoms with Crippen LogP contribution < -0.4 is 0 Å². The number of ether oxygens (including phenoxy) is 5. The van der Waals surface area contributed by atoms with Gasteiger partial charge in [0, 0.05) is 27.1 Å². The van der Waals surface area contributed by atoms with E-state index in [4.69, 9.17) is 18.9 Å². The molecule has 0 amide bonds. The second-order valence-electron chi connectivity index (χ2n) is 6.69. The molecule has 2 saturated heterocycles. The summed E-state index contributed by atoms with van der Waals surface area (Å²) >= 11 is 0. The lowest BCUT2D eigenvalue weighted by Gasteiger charge is -2.40. The van der Waals surface area contributed by atoms with Crippen molar-refractivity contribution in [2.45, 2.75) is 55.6 Å². The molecule has 6 nitrogen and oxygen atoms in total. The standard InChI is InChI=1S/C15H21F3O6/c1-13(9(24-13)4-5-22-15(16,17)18)12-11(21-3)10(19)8(20-2)6-14(12)7-23-14/h8-9,11-12H,4-7H2,1-3H3/t8-,9-,11-,12-,13+,14+/m1/s1. The smallest absolute Gasteiger partial charge is 0.373 e. The van der Waals surface area contributed by atoms with E-state index in [9.17, 15) is 18.0 Å². The zero-order valence-corrected chi connectivity index (χ0v) is 13.7. The van der Waals surface area contributed by atoms with E-state index in [1.54, 1.807) is 6.92 Å². The molecule has 9 heteroatoms. The van der Waals surface area contributed by atoms with Crippen molar-refractivity contribution in [2.75, 3.05) is 27.4 Å². The molecule has 2 heterocycles. The highest BCUT2D eigenvalue weighted by atomic mass is 19.4. The van der Waals surface area contributed by atoms with Crippen LogP contribution in [-0.4, -0.2) is 69.1 Å². The fraction of sp³-hybridized carbons (Fsp3) is 0.933. The van der Waals surface area contributed by atoms with E-state index in [1.165, 1.54) is 14.2 Å². The van der Waals surface area contributed by atoms with E-state index < -0.39 is 42.5 Å². The number of ketones is 1. The minimum atomic E-state index is -4.66. The number of Topliss-reactive ketones (excluding diaryl/α,β-unsaturated/α-hetero) is 1. The molecule has 1 saturated carbocycles. The number of hydrogen-bond acceptors (Lipinski definition) is 6. The Morgan fingerprint density at radius 3 is 2.46 bits per heavy atom. The Morgan fingerprint density at radius 2 is 1.96 bits per heavy atom. The monoisotopic (exact) mass is 354 g/mol. The van der Waals surface area contributed by atoms with Gasteiger partial charge in [-0.05, 0) is 6.92 Å². The van der Waals surface area contributed by atoms with Gasteiger partial charge in [-0.2, -0.15) is 0 Å². The van der Waals surface area contributed by atoms with E-state index in [2.05, 4.69) is 4.74 Å². The number of carbonyl (C=O) groups is 1. The average Bonchev–Trinajstić information content (AvgIpc) is 3.39. The number of halogens is 3. The van der Waals surface area contributed by atoms with E-state index in [0.717, 1.165) is 0 Å². The summed E-state index contributed by atoms with van der Waals surface area (Å²) in [6, 6.07) is 0. The minimum absolute atomic E-state index is 0.0842. The molecule has 0 aromatic carbocycles. The van der Waals surface area contributed by atoms with Gasteiger partial charge in [0.05, 0.1) is 25.2 Å². The lowest BCUT2D eigenvalue weighted by atomic mass is 9.68. The van der Waals surface area contributed by atoms with E-state index in [0.29, 0.717) is 13.0 Å². The maximum absolute atomic E-state index is 12.5. The molecule has 24 heavy (non-hydrogen) atoms. The number of methoxy groups -OCH3 is 2. The van der Waals surface area contributed by atoms with Crippen LogP contribution in [0.5, 0.6) is 0 Å². The molecule has 0 aromatic rings. The van der Waals surface area contributed by atoms with Gasteiger partial charge in [0.2, 0.25) is 0 Å².